The van der Waals surface area contributed by atoms with Gasteiger partial charge in [-0.25, -0.2) is 4.98 Å². The van der Waals surface area contributed by atoms with Gasteiger partial charge >= 0.3 is 0 Å². The highest BCUT2D eigenvalue weighted by Gasteiger charge is 2.33. The highest BCUT2D eigenvalue weighted by molar-refractivity contribution is 5.93. The standard InChI is InChI=1S/C16H22N4O2/c1-4-19-8-12(14(10-19)22-3)18-16(21)13-9-20-7-5-6-11(2)15(20)17-13/h5-7,9,12,14H,4,8,10H2,1-3H3,(H,18,21)/t12-,14-/m0/s1. The largest absolute Gasteiger partial charge is 0.378 e. The van der Waals surface area contributed by atoms with Gasteiger partial charge in [-0.05, 0) is 25.1 Å². The normalized spacial score (nSPS) is 22.3. The van der Waals surface area contributed by atoms with E-state index in [0.29, 0.717) is 5.69 Å². The van der Waals surface area contributed by atoms with Crippen molar-refractivity contribution in [2.45, 2.75) is 26.0 Å². The third kappa shape index (κ3) is 2.71. The summed E-state index contributed by atoms with van der Waals surface area (Å²) in [5, 5.41) is 3.06. The number of rotatable bonds is 4. The average molecular weight is 302 g/mol. The van der Waals surface area contributed by atoms with E-state index in [1.807, 2.05) is 29.7 Å². The molecule has 0 spiro atoms. The van der Waals surface area contributed by atoms with Gasteiger partial charge in [0.2, 0.25) is 0 Å². The number of aromatic nitrogens is 2. The fourth-order valence-corrected chi connectivity index (χ4v) is 2.99. The lowest BCUT2D eigenvalue weighted by Crippen LogP contribution is -2.43. The molecular weight excluding hydrogens is 280 g/mol. The lowest BCUT2D eigenvalue weighted by Gasteiger charge is -2.17. The summed E-state index contributed by atoms with van der Waals surface area (Å²) in [5.41, 5.74) is 2.31. The molecule has 1 saturated heterocycles. The smallest absolute Gasteiger partial charge is 0.271 e. The van der Waals surface area contributed by atoms with E-state index in [1.165, 1.54) is 0 Å². The van der Waals surface area contributed by atoms with Gasteiger partial charge in [0.15, 0.2) is 0 Å². The van der Waals surface area contributed by atoms with Gasteiger partial charge in [-0.3, -0.25) is 9.69 Å². The molecule has 3 heterocycles. The Bertz CT molecular complexity index is 682. The second kappa shape index (κ2) is 6.06. The lowest BCUT2D eigenvalue weighted by molar-refractivity contribution is 0.0759. The number of amides is 1. The third-order valence-electron chi connectivity index (χ3n) is 4.32. The number of ether oxygens (including phenoxy) is 1. The van der Waals surface area contributed by atoms with Gasteiger partial charge in [0.25, 0.3) is 5.91 Å². The van der Waals surface area contributed by atoms with E-state index < -0.39 is 0 Å². The molecule has 2 aromatic rings. The summed E-state index contributed by atoms with van der Waals surface area (Å²) in [5.74, 6) is -0.145. The maximum atomic E-state index is 12.5. The summed E-state index contributed by atoms with van der Waals surface area (Å²) >= 11 is 0. The van der Waals surface area contributed by atoms with E-state index in [9.17, 15) is 4.79 Å². The van der Waals surface area contributed by atoms with Gasteiger partial charge in [-0.2, -0.15) is 0 Å². The van der Waals surface area contributed by atoms with E-state index in [4.69, 9.17) is 4.74 Å². The first-order valence-electron chi connectivity index (χ1n) is 7.62. The number of hydrogen-bond donors (Lipinski definition) is 1. The summed E-state index contributed by atoms with van der Waals surface area (Å²) in [6.45, 7) is 6.72. The summed E-state index contributed by atoms with van der Waals surface area (Å²) in [7, 11) is 1.69. The van der Waals surface area contributed by atoms with Gasteiger partial charge in [0, 0.05) is 32.6 Å². The molecule has 1 aliphatic rings. The fourth-order valence-electron chi connectivity index (χ4n) is 2.99. The van der Waals surface area contributed by atoms with Crippen molar-refractivity contribution in [2.24, 2.45) is 0 Å². The molecule has 2 aromatic heterocycles. The van der Waals surface area contributed by atoms with Crippen molar-refractivity contribution in [1.82, 2.24) is 19.6 Å². The molecule has 1 fully saturated rings. The Kier molecular flexibility index (Phi) is 4.13. The van der Waals surface area contributed by atoms with Crippen molar-refractivity contribution < 1.29 is 9.53 Å². The van der Waals surface area contributed by atoms with Crippen LogP contribution in [0.1, 0.15) is 23.0 Å². The second-order valence-electron chi connectivity index (χ2n) is 5.75. The summed E-state index contributed by atoms with van der Waals surface area (Å²) in [6, 6.07) is 3.94. The number of pyridine rings is 1. The van der Waals surface area contributed by atoms with Crippen LogP contribution in [0.5, 0.6) is 0 Å². The van der Waals surface area contributed by atoms with Crippen LogP contribution in [-0.4, -0.2) is 59.1 Å². The molecule has 0 radical (unpaired) electrons. The number of aryl methyl sites for hydroxylation is 1. The molecule has 1 amide bonds. The Hall–Kier alpha value is -1.92. The van der Waals surface area contributed by atoms with Crippen LogP contribution in [0.25, 0.3) is 5.65 Å². The van der Waals surface area contributed by atoms with Crippen molar-refractivity contribution in [3.05, 3.63) is 35.8 Å². The lowest BCUT2D eigenvalue weighted by atomic mass is 10.2. The number of nitrogens with zero attached hydrogens (tertiary/aromatic N) is 3. The van der Waals surface area contributed by atoms with Crippen LogP contribution >= 0.6 is 0 Å². The molecule has 22 heavy (non-hydrogen) atoms. The van der Waals surface area contributed by atoms with Crippen LogP contribution in [0.4, 0.5) is 0 Å². The average Bonchev–Trinajstić information content (AvgIpc) is 3.11. The van der Waals surface area contributed by atoms with Crippen LogP contribution in [-0.2, 0) is 4.74 Å². The quantitative estimate of drug-likeness (QED) is 0.918. The minimum Gasteiger partial charge on any atom is -0.378 e. The number of imidazole rings is 1. The first-order valence-corrected chi connectivity index (χ1v) is 7.62. The number of carbonyl (C=O) groups excluding carboxylic acids is 1. The maximum absolute atomic E-state index is 12.5. The molecule has 6 heteroatoms. The van der Waals surface area contributed by atoms with E-state index in [1.54, 1.807) is 13.3 Å². The Morgan fingerprint density at radius 2 is 2.32 bits per heavy atom. The molecule has 0 unspecified atom stereocenters. The van der Waals surface area contributed by atoms with Crippen LogP contribution in [0.15, 0.2) is 24.5 Å². The maximum Gasteiger partial charge on any atom is 0.271 e. The monoisotopic (exact) mass is 302 g/mol. The van der Waals surface area contributed by atoms with Gasteiger partial charge in [-0.1, -0.05) is 13.0 Å². The number of carbonyl (C=O) groups is 1. The minimum absolute atomic E-state index is 0.00311. The van der Waals surface area contributed by atoms with Crippen molar-refractivity contribution in [3.63, 3.8) is 0 Å². The van der Waals surface area contributed by atoms with E-state index in [-0.39, 0.29) is 18.1 Å². The predicted molar refractivity (Wildman–Crippen MR) is 84.1 cm³/mol. The Labute approximate surface area is 130 Å². The molecule has 3 rings (SSSR count). The molecule has 0 aromatic carbocycles. The SMILES string of the molecule is CCN1C[C@H](NC(=O)c2cn3cccc(C)c3n2)[C@@H](OC)C1. The summed E-state index contributed by atoms with van der Waals surface area (Å²) in [4.78, 5) is 19.2. The van der Waals surface area contributed by atoms with Crippen LogP contribution in [0.3, 0.4) is 0 Å². The molecule has 6 nitrogen and oxygen atoms in total. The molecular formula is C16H22N4O2. The number of likely N-dealkylation sites (N-methyl/N-ethyl adjacent to an activating group) is 1. The molecule has 0 saturated carbocycles. The highest BCUT2D eigenvalue weighted by atomic mass is 16.5. The molecule has 0 bridgehead atoms. The van der Waals surface area contributed by atoms with Gasteiger partial charge < -0.3 is 14.5 Å². The molecule has 118 valence electrons. The zero-order valence-electron chi connectivity index (χ0n) is 13.2. The summed E-state index contributed by atoms with van der Waals surface area (Å²) < 4.78 is 7.37. The summed E-state index contributed by atoms with van der Waals surface area (Å²) in [6.07, 6.45) is 3.70. The number of fused-ring (bicyclic) bond motifs is 1. The Morgan fingerprint density at radius 3 is 3.00 bits per heavy atom. The van der Waals surface area contributed by atoms with Crippen LogP contribution in [0.2, 0.25) is 0 Å². The zero-order valence-corrected chi connectivity index (χ0v) is 13.2. The van der Waals surface area contributed by atoms with Gasteiger partial charge in [0.05, 0.1) is 12.1 Å². The molecule has 1 aliphatic heterocycles. The minimum atomic E-state index is -0.145. The fraction of sp³-hybridized carbons (Fsp3) is 0.500. The number of likely N-dealkylation sites (tertiary alicyclic amines) is 1. The zero-order chi connectivity index (χ0) is 15.7. The highest BCUT2D eigenvalue weighted by Crippen LogP contribution is 2.14. The number of nitrogens with one attached hydrogen (secondary N) is 1. The van der Waals surface area contributed by atoms with E-state index in [0.717, 1.165) is 30.8 Å². The Balaban J connectivity index is 1.77. The van der Waals surface area contributed by atoms with Gasteiger partial charge in [-0.15, -0.1) is 0 Å². The molecule has 1 N–H and O–H groups in total. The van der Waals surface area contributed by atoms with Crippen LogP contribution in [0, 0.1) is 6.92 Å². The predicted octanol–water partition coefficient (Wildman–Crippen LogP) is 1.09. The second-order valence-corrected chi connectivity index (χ2v) is 5.75. The first-order chi connectivity index (χ1) is 10.6. The number of methoxy groups -OCH3 is 1. The first kappa shape index (κ1) is 15.0. The van der Waals surface area contributed by atoms with Crippen molar-refractivity contribution in [2.75, 3.05) is 26.7 Å². The van der Waals surface area contributed by atoms with Crippen molar-refractivity contribution in [1.29, 1.82) is 0 Å². The van der Waals surface area contributed by atoms with Crippen molar-refractivity contribution in [3.8, 4) is 0 Å². The molecule has 2 atom stereocenters. The van der Waals surface area contributed by atoms with E-state index in [2.05, 4.69) is 22.1 Å². The van der Waals surface area contributed by atoms with E-state index >= 15 is 0 Å². The van der Waals surface area contributed by atoms with Crippen LogP contribution < -0.4 is 5.32 Å². The third-order valence-corrected chi connectivity index (χ3v) is 4.32. The van der Waals surface area contributed by atoms with Gasteiger partial charge in [0.1, 0.15) is 11.3 Å². The molecule has 0 aliphatic carbocycles. The topological polar surface area (TPSA) is 58.9 Å². The van der Waals surface area contributed by atoms with Crippen molar-refractivity contribution >= 4 is 11.6 Å². The number of hydrogen-bond acceptors (Lipinski definition) is 4. The Morgan fingerprint density at radius 1 is 1.50 bits per heavy atom.